The predicted molar refractivity (Wildman–Crippen MR) is 69.3 cm³/mol. The number of ketones is 2. The first-order valence-electron chi connectivity index (χ1n) is 6.27. The molecule has 0 spiro atoms. The maximum atomic E-state index is 12.1. The van der Waals surface area contributed by atoms with E-state index in [1.165, 1.54) is 12.1 Å². The van der Waals surface area contributed by atoms with E-state index in [0.29, 0.717) is 19.5 Å². The fourth-order valence-electron chi connectivity index (χ4n) is 2.28. The highest BCUT2D eigenvalue weighted by Crippen LogP contribution is 2.23. The van der Waals surface area contributed by atoms with Crippen LogP contribution in [0.2, 0.25) is 0 Å². The molecule has 5 heteroatoms. The molecule has 1 fully saturated rings. The van der Waals surface area contributed by atoms with Gasteiger partial charge in [0, 0.05) is 31.5 Å². The summed E-state index contributed by atoms with van der Waals surface area (Å²) in [4.78, 5) is 25.4. The molecule has 2 rings (SSSR count). The fraction of sp³-hybridized carbons (Fsp3) is 0.429. The minimum absolute atomic E-state index is 0.0463. The molecule has 102 valence electrons. The number of benzene rings is 1. The molecule has 1 atom stereocenters. The number of hydrogen-bond acceptors (Lipinski definition) is 5. The van der Waals surface area contributed by atoms with E-state index in [-0.39, 0.29) is 41.1 Å². The van der Waals surface area contributed by atoms with Crippen molar-refractivity contribution in [2.45, 2.75) is 13.3 Å². The van der Waals surface area contributed by atoms with Gasteiger partial charge in [-0.2, -0.15) is 0 Å². The molecule has 0 bridgehead atoms. The average molecular weight is 263 g/mol. The van der Waals surface area contributed by atoms with Gasteiger partial charge in [-0.15, -0.1) is 0 Å². The number of Topliss-reactive ketones (excluding diaryl/α,β-unsaturated/α-hetero) is 2. The number of likely N-dealkylation sites (tertiary alicyclic amines) is 1. The SMILES string of the molecule is CC1CN(CC(=O)c2ccc(O)cc2O)CCC1=O. The summed E-state index contributed by atoms with van der Waals surface area (Å²) in [7, 11) is 0. The first-order chi connectivity index (χ1) is 8.97. The van der Waals surface area contributed by atoms with Gasteiger partial charge in [-0.05, 0) is 12.1 Å². The summed E-state index contributed by atoms with van der Waals surface area (Å²) in [5.41, 5.74) is 0.197. The second kappa shape index (κ2) is 5.40. The summed E-state index contributed by atoms with van der Waals surface area (Å²) >= 11 is 0. The Morgan fingerprint density at radius 2 is 2.16 bits per heavy atom. The van der Waals surface area contributed by atoms with Crippen molar-refractivity contribution < 1.29 is 19.8 Å². The molecule has 0 amide bonds. The number of aromatic hydroxyl groups is 2. The van der Waals surface area contributed by atoms with Gasteiger partial charge in [0.25, 0.3) is 0 Å². The number of phenols is 2. The molecule has 0 aromatic heterocycles. The van der Waals surface area contributed by atoms with Crippen LogP contribution in [0.15, 0.2) is 18.2 Å². The summed E-state index contributed by atoms with van der Waals surface area (Å²) in [6.07, 6.45) is 0.468. The quantitative estimate of drug-likeness (QED) is 0.801. The number of carbonyl (C=O) groups excluding carboxylic acids is 2. The maximum absolute atomic E-state index is 12.1. The molecule has 0 saturated carbocycles. The van der Waals surface area contributed by atoms with Crippen molar-refractivity contribution in [2.75, 3.05) is 19.6 Å². The summed E-state index contributed by atoms with van der Waals surface area (Å²) < 4.78 is 0. The van der Waals surface area contributed by atoms with Gasteiger partial charge >= 0.3 is 0 Å². The first kappa shape index (κ1) is 13.5. The zero-order chi connectivity index (χ0) is 14.0. The van der Waals surface area contributed by atoms with Crippen LogP contribution in [0.25, 0.3) is 0 Å². The Bertz CT molecular complexity index is 512. The van der Waals surface area contributed by atoms with Crippen LogP contribution in [0.1, 0.15) is 23.7 Å². The fourth-order valence-corrected chi connectivity index (χ4v) is 2.28. The van der Waals surface area contributed by atoms with Gasteiger partial charge in [0.1, 0.15) is 17.3 Å². The van der Waals surface area contributed by atoms with E-state index in [0.717, 1.165) is 6.07 Å². The number of piperidine rings is 1. The second-order valence-corrected chi connectivity index (χ2v) is 4.98. The predicted octanol–water partition coefficient (Wildman–Crippen LogP) is 1.19. The minimum atomic E-state index is -0.217. The Balaban J connectivity index is 2.03. The average Bonchev–Trinajstić information content (AvgIpc) is 2.33. The summed E-state index contributed by atoms with van der Waals surface area (Å²) in [6, 6.07) is 3.93. The molecule has 1 aromatic rings. The molecule has 1 unspecified atom stereocenters. The largest absolute Gasteiger partial charge is 0.508 e. The normalized spacial score (nSPS) is 20.5. The summed E-state index contributed by atoms with van der Waals surface area (Å²) in [5.74, 6) is -0.317. The van der Waals surface area contributed by atoms with Crippen LogP contribution >= 0.6 is 0 Å². The Labute approximate surface area is 111 Å². The van der Waals surface area contributed by atoms with E-state index < -0.39 is 0 Å². The Hall–Kier alpha value is -1.88. The van der Waals surface area contributed by atoms with Crippen LogP contribution in [-0.2, 0) is 4.79 Å². The number of hydrogen-bond donors (Lipinski definition) is 2. The molecule has 19 heavy (non-hydrogen) atoms. The zero-order valence-corrected chi connectivity index (χ0v) is 10.8. The number of rotatable bonds is 3. The van der Waals surface area contributed by atoms with Crippen LogP contribution in [0.3, 0.4) is 0 Å². The van der Waals surface area contributed by atoms with Crippen molar-refractivity contribution >= 4 is 11.6 Å². The second-order valence-electron chi connectivity index (χ2n) is 4.98. The molecule has 1 heterocycles. The van der Waals surface area contributed by atoms with E-state index in [1.807, 2.05) is 11.8 Å². The lowest BCUT2D eigenvalue weighted by Gasteiger charge is -2.29. The molecule has 2 N–H and O–H groups in total. The van der Waals surface area contributed by atoms with Gasteiger partial charge < -0.3 is 10.2 Å². The number of carbonyl (C=O) groups is 2. The monoisotopic (exact) mass is 263 g/mol. The molecular weight excluding hydrogens is 246 g/mol. The van der Waals surface area contributed by atoms with Crippen molar-refractivity contribution in [3.63, 3.8) is 0 Å². The molecule has 1 aliphatic heterocycles. The van der Waals surface area contributed by atoms with Crippen molar-refractivity contribution in [2.24, 2.45) is 5.92 Å². The van der Waals surface area contributed by atoms with E-state index in [4.69, 9.17) is 0 Å². The smallest absolute Gasteiger partial charge is 0.180 e. The van der Waals surface area contributed by atoms with Crippen LogP contribution < -0.4 is 0 Å². The van der Waals surface area contributed by atoms with E-state index in [2.05, 4.69) is 0 Å². The number of nitrogens with zero attached hydrogens (tertiary/aromatic N) is 1. The third-order valence-corrected chi connectivity index (χ3v) is 3.41. The highest BCUT2D eigenvalue weighted by molar-refractivity contribution is 6.00. The van der Waals surface area contributed by atoms with E-state index >= 15 is 0 Å². The van der Waals surface area contributed by atoms with Gasteiger partial charge in [-0.25, -0.2) is 0 Å². The van der Waals surface area contributed by atoms with E-state index in [1.54, 1.807) is 0 Å². The van der Waals surface area contributed by atoms with Gasteiger partial charge in [0.15, 0.2) is 5.78 Å². The Morgan fingerprint density at radius 3 is 2.79 bits per heavy atom. The third-order valence-electron chi connectivity index (χ3n) is 3.41. The van der Waals surface area contributed by atoms with Gasteiger partial charge in [-0.3, -0.25) is 14.5 Å². The van der Waals surface area contributed by atoms with Gasteiger partial charge in [0.05, 0.1) is 12.1 Å². The first-order valence-corrected chi connectivity index (χ1v) is 6.27. The molecule has 0 aliphatic carbocycles. The lowest BCUT2D eigenvalue weighted by atomic mass is 9.98. The minimum Gasteiger partial charge on any atom is -0.508 e. The molecule has 1 aromatic carbocycles. The Kier molecular flexibility index (Phi) is 3.85. The molecular formula is C14H17NO4. The lowest BCUT2D eigenvalue weighted by molar-refractivity contribution is -0.125. The molecule has 1 saturated heterocycles. The maximum Gasteiger partial charge on any atom is 0.180 e. The van der Waals surface area contributed by atoms with Crippen molar-refractivity contribution in [3.8, 4) is 11.5 Å². The van der Waals surface area contributed by atoms with Crippen molar-refractivity contribution in [1.29, 1.82) is 0 Å². The topological polar surface area (TPSA) is 77.8 Å². The summed E-state index contributed by atoms with van der Waals surface area (Å²) in [5, 5.41) is 18.8. The molecule has 1 aliphatic rings. The summed E-state index contributed by atoms with van der Waals surface area (Å²) in [6.45, 7) is 3.18. The Morgan fingerprint density at radius 1 is 1.42 bits per heavy atom. The highest BCUT2D eigenvalue weighted by atomic mass is 16.3. The van der Waals surface area contributed by atoms with Crippen LogP contribution in [0, 0.1) is 5.92 Å². The standard InChI is InChI=1S/C14H17NO4/c1-9-7-15(5-4-12(9)17)8-14(19)11-3-2-10(16)6-13(11)18/h2-3,6,9,16,18H,4-5,7-8H2,1H3. The van der Waals surface area contributed by atoms with Gasteiger partial charge in [0.2, 0.25) is 0 Å². The van der Waals surface area contributed by atoms with E-state index in [9.17, 15) is 19.8 Å². The van der Waals surface area contributed by atoms with Crippen molar-refractivity contribution in [3.05, 3.63) is 23.8 Å². The lowest BCUT2D eigenvalue weighted by Crippen LogP contribution is -2.42. The molecule has 0 radical (unpaired) electrons. The van der Waals surface area contributed by atoms with Crippen LogP contribution in [0.4, 0.5) is 0 Å². The zero-order valence-electron chi connectivity index (χ0n) is 10.8. The van der Waals surface area contributed by atoms with Crippen LogP contribution in [0.5, 0.6) is 11.5 Å². The highest BCUT2D eigenvalue weighted by Gasteiger charge is 2.25. The number of phenolic OH excluding ortho intramolecular Hbond substituents is 2. The molecule has 5 nitrogen and oxygen atoms in total. The van der Waals surface area contributed by atoms with Gasteiger partial charge in [-0.1, -0.05) is 6.92 Å². The third kappa shape index (κ3) is 3.12. The van der Waals surface area contributed by atoms with Crippen molar-refractivity contribution in [1.82, 2.24) is 4.90 Å². The van der Waals surface area contributed by atoms with Crippen LogP contribution in [-0.4, -0.2) is 46.3 Å².